The summed E-state index contributed by atoms with van der Waals surface area (Å²) >= 11 is 12.3. The molecular formula is C22H21Cl2N3O3S. The summed E-state index contributed by atoms with van der Waals surface area (Å²) in [5.74, 6) is -0.203. The quantitative estimate of drug-likeness (QED) is 0.541. The minimum atomic E-state index is -3.54. The number of aromatic nitrogens is 2. The van der Waals surface area contributed by atoms with Gasteiger partial charge in [-0.1, -0.05) is 41.4 Å². The Morgan fingerprint density at radius 2 is 1.90 bits per heavy atom. The van der Waals surface area contributed by atoms with E-state index >= 15 is 0 Å². The van der Waals surface area contributed by atoms with Crippen LogP contribution in [0.3, 0.4) is 0 Å². The Morgan fingerprint density at radius 1 is 1.10 bits per heavy atom. The highest BCUT2D eigenvalue weighted by Gasteiger charge is 2.20. The number of rotatable bonds is 7. The van der Waals surface area contributed by atoms with E-state index in [1.807, 2.05) is 12.1 Å². The first-order valence-corrected chi connectivity index (χ1v) is 12.3. The molecule has 0 aliphatic heterocycles. The van der Waals surface area contributed by atoms with Crippen molar-refractivity contribution in [3.05, 3.63) is 75.4 Å². The van der Waals surface area contributed by atoms with Gasteiger partial charge in [-0.05, 0) is 54.2 Å². The zero-order chi connectivity index (χ0) is 22.0. The minimum Gasteiger partial charge on any atom is -0.311 e. The van der Waals surface area contributed by atoms with Crippen LogP contribution >= 0.6 is 23.2 Å². The van der Waals surface area contributed by atoms with Crippen molar-refractivity contribution in [3.63, 3.8) is 0 Å². The number of amides is 1. The smallest absolute Gasteiger partial charge is 0.226 e. The second-order valence-electron chi connectivity index (χ2n) is 7.49. The van der Waals surface area contributed by atoms with Crippen LogP contribution in [-0.2, 0) is 34.0 Å². The second-order valence-corrected chi connectivity index (χ2v) is 10.4. The number of fused-ring (bicyclic) bond motifs is 1. The highest BCUT2D eigenvalue weighted by Crippen LogP contribution is 2.27. The van der Waals surface area contributed by atoms with Gasteiger partial charge < -0.3 is 5.32 Å². The van der Waals surface area contributed by atoms with Crippen LogP contribution in [0.25, 0.3) is 0 Å². The van der Waals surface area contributed by atoms with E-state index in [0.717, 1.165) is 30.4 Å². The molecule has 4 rings (SSSR count). The third kappa shape index (κ3) is 4.95. The van der Waals surface area contributed by atoms with E-state index in [0.29, 0.717) is 22.4 Å². The van der Waals surface area contributed by atoms with E-state index in [1.54, 1.807) is 41.2 Å². The van der Waals surface area contributed by atoms with Crippen LogP contribution in [0.15, 0.2) is 53.6 Å². The molecule has 0 radical (unpaired) electrons. The van der Waals surface area contributed by atoms with E-state index in [1.165, 1.54) is 5.56 Å². The topological polar surface area (TPSA) is 81.1 Å². The lowest BCUT2D eigenvalue weighted by molar-refractivity contribution is -0.115. The Hall–Kier alpha value is -2.35. The lowest BCUT2D eigenvalue weighted by atomic mass is 10.1. The van der Waals surface area contributed by atoms with Crippen molar-refractivity contribution in [2.75, 3.05) is 11.1 Å². The largest absolute Gasteiger partial charge is 0.311 e. The molecule has 1 aliphatic carbocycles. The molecule has 1 N–H and O–H groups in total. The van der Waals surface area contributed by atoms with E-state index in [-0.39, 0.29) is 17.1 Å². The van der Waals surface area contributed by atoms with Crippen LogP contribution in [0, 0.1) is 0 Å². The zero-order valence-corrected chi connectivity index (χ0v) is 19.0. The van der Waals surface area contributed by atoms with Gasteiger partial charge in [0.05, 0.1) is 33.4 Å². The normalized spacial score (nSPS) is 13.2. The molecule has 0 saturated heterocycles. The maximum atomic E-state index is 12.7. The molecule has 0 bridgehead atoms. The highest BCUT2D eigenvalue weighted by atomic mass is 35.5. The molecular weight excluding hydrogens is 457 g/mol. The molecule has 0 unspecified atom stereocenters. The van der Waals surface area contributed by atoms with E-state index in [4.69, 9.17) is 23.2 Å². The molecule has 1 heterocycles. The highest BCUT2D eigenvalue weighted by molar-refractivity contribution is 7.91. The molecule has 1 amide bonds. The number of benzene rings is 2. The van der Waals surface area contributed by atoms with Crippen molar-refractivity contribution >= 4 is 44.8 Å². The van der Waals surface area contributed by atoms with Crippen molar-refractivity contribution < 1.29 is 13.2 Å². The number of carbonyl (C=O) groups is 1. The molecule has 0 saturated carbocycles. The first kappa shape index (κ1) is 21.9. The monoisotopic (exact) mass is 477 g/mol. The zero-order valence-electron chi connectivity index (χ0n) is 16.6. The first-order chi connectivity index (χ1) is 14.8. The van der Waals surface area contributed by atoms with Gasteiger partial charge in [-0.15, -0.1) is 0 Å². The summed E-state index contributed by atoms with van der Waals surface area (Å²) in [6, 6.07) is 12.2. The van der Waals surface area contributed by atoms with Crippen molar-refractivity contribution in [2.45, 2.75) is 37.1 Å². The van der Waals surface area contributed by atoms with E-state index in [2.05, 4.69) is 10.4 Å². The molecule has 2 aromatic carbocycles. The molecule has 31 heavy (non-hydrogen) atoms. The van der Waals surface area contributed by atoms with Gasteiger partial charge in [0.25, 0.3) is 0 Å². The summed E-state index contributed by atoms with van der Waals surface area (Å²) < 4.78 is 27.0. The Balaban J connectivity index is 1.39. The maximum Gasteiger partial charge on any atom is 0.226 e. The molecule has 3 aromatic rings. The number of aryl methyl sites for hydroxylation is 2. The van der Waals surface area contributed by atoms with Crippen LogP contribution in [0.1, 0.15) is 29.5 Å². The van der Waals surface area contributed by atoms with Crippen molar-refractivity contribution in [1.82, 2.24) is 9.78 Å². The van der Waals surface area contributed by atoms with Crippen LogP contribution in [-0.4, -0.2) is 29.9 Å². The summed E-state index contributed by atoms with van der Waals surface area (Å²) in [6.07, 6.45) is 4.35. The van der Waals surface area contributed by atoms with Gasteiger partial charge in [0, 0.05) is 12.5 Å². The molecule has 9 heteroatoms. The molecule has 6 nitrogen and oxygen atoms in total. The maximum absolute atomic E-state index is 12.7. The molecule has 162 valence electrons. The number of nitrogens with zero attached hydrogens (tertiary/aromatic N) is 2. The van der Waals surface area contributed by atoms with Gasteiger partial charge in [0.2, 0.25) is 5.91 Å². The average Bonchev–Trinajstić information content (AvgIpc) is 3.39. The Kier molecular flexibility index (Phi) is 6.36. The van der Waals surface area contributed by atoms with Crippen molar-refractivity contribution in [3.8, 4) is 0 Å². The van der Waals surface area contributed by atoms with Crippen LogP contribution in [0.5, 0.6) is 0 Å². The Morgan fingerprint density at radius 3 is 2.74 bits per heavy atom. The van der Waals surface area contributed by atoms with Gasteiger partial charge in [0.1, 0.15) is 5.82 Å². The number of nitrogens with one attached hydrogen (secondary N) is 1. The second kappa shape index (κ2) is 9.02. The van der Waals surface area contributed by atoms with Crippen molar-refractivity contribution in [1.29, 1.82) is 0 Å². The van der Waals surface area contributed by atoms with Gasteiger partial charge >= 0.3 is 0 Å². The van der Waals surface area contributed by atoms with E-state index < -0.39 is 15.7 Å². The van der Waals surface area contributed by atoms with Crippen LogP contribution < -0.4 is 5.32 Å². The number of carbonyl (C=O) groups excluding carboxylic acids is 1. The summed E-state index contributed by atoms with van der Waals surface area (Å²) in [6.45, 7) is 0.315. The van der Waals surface area contributed by atoms with Gasteiger partial charge in [-0.3, -0.25) is 4.79 Å². The fourth-order valence-electron chi connectivity index (χ4n) is 3.69. The number of hydrogen-bond acceptors (Lipinski definition) is 4. The fourth-order valence-corrected chi connectivity index (χ4v) is 5.36. The summed E-state index contributed by atoms with van der Waals surface area (Å²) in [7, 11) is -3.54. The number of sulfone groups is 1. The SMILES string of the molecule is O=C(CCS(=O)(=O)c1ccc2c(c1)CCC2)Nc1ccnn1Cc1cccc(Cl)c1Cl. The van der Waals surface area contributed by atoms with Crippen LogP contribution in [0.2, 0.25) is 10.0 Å². The summed E-state index contributed by atoms with van der Waals surface area (Å²) in [5, 5.41) is 7.81. The molecule has 0 fully saturated rings. The minimum absolute atomic E-state index is 0.150. The lowest BCUT2D eigenvalue weighted by Crippen LogP contribution is -2.20. The summed E-state index contributed by atoms with van der Waals surface area (Å²) in [4.78, 5) is 12.7. The summed E-state index contributed by atoms with van der Waals surface area (Å²) in [5.41, 5.74) is 3.06. The first-order valence-electron chi connectivity index (χ1n) is 9.92. The Labute approximate surface area is 191 Å². The number of anilines is 1. The van der Waals surface area contributed by atoms with Gasteiger partial charge in [-0.25, -0.2) is 13.1 Å². The molecule has 0 spiro atoms. The van der Waals surface area contributed by atoms with Gasteiger partial charge in [-0.2, -0.15) is 5.10 Å². The predicted molar refractivity (Wildman–Crippen MR) is 122 cm³/mol. The van der Waals surface area contributed by atoms with Crippen LogP contribution in [0.4, 0.5) is 5.82 Å². The third-order valence-electron chi connectivity index (χ3n) is 5.36. The molecule has 0 atom stereocenters. The number of hydrogen-bond donors (Lipinski definition) is 1. The lowest BCUT2D eigenvalue weighted by Gasteiger charge is -2.11. The standard InChI is InChI=1S/C22H21Cl2N3O3S/c23-19-6-2-5-17(22(19)24)14-27-20(9-11-25-27)26-21(28)10-12-31(29,30)18-8-7-15-3-1-4-16(15)13-18/h2,5-9,11,13H,1,3-4,10,12,14H2,(H,26,28). The average molecular weight is 478 g/mol. The predicted octanol–water partition coefficient (Wildman–Crippen LogP) is 4.53. The molecule has 1 aromatic heterocycles. The third-order valence-corrected chi connectivity index (χ3v) is 7.93. The van der Waals surface area contributed by atoms with Gasteiger partial charge in [0.15, 0.2) is 9.84 Å². The fraction of sp³-hybridized carbons (Fsp3) is 0.273. The Bertz CT molecular complexity index is 1240. The number of halogens is 2. The molecule has 1 aliphatic rings. The van der Waals surface area contributed by atoms with Crippen molar-refractivity contribution in [2.24, 2.45) is 0 Å². The van der Waals surface area contributed by atoms with E-state index in [9.17, 15) is 13.2 Å².